The number of carbonyl (C=O) groups is 1. The Labute approximate surface area is 175 Å². The van der Waals surface area contributed by atoms with Gasteiger partial charge in [0.25, 0.3) is 0 Å². The second-order valence-corrected chi connectivity index (χ2v) is 6.65. The summed E-state index contributed by atoms with van der Waals surface area (Å²) in [6.07, 6.45) is 6.67. The fourth-order valence-electron chi connectivity index (χ4n) is 3.09. The molecule has 1 aliphatic heterocycles. The van der Waals surface area contributed by atoms with E-state index in [1.165, 1.54) is 36.8 Å². The molecular formula is C20H33IN4O. The Morgan fingerprint density at radius 2 is 2.00 bits per heavy atom. The van der Waals surface area contributed by atoms with Gasteiger partial charge in [0.05, 0.1) is 0 Å². The maximum atomic E-state index is 11.8. The van der Waals surface area contributed by atoms with Crippen molar-refractivity contribution in [2.24, 2.45) is 4.99 Å². The number of unbranched alkanes of at least 4 members (excludes halogenated alkanes) is 3. The van der Waals surface area contributed by atoms with Gasteiger partial charge in [0, 0.05) is 39.6 Å². The van der Waals surface area contributed by atoms with Crippen LogP contribution in [-0.4, -0.2) is 36.9 Å². The van der Waals surface area contributed by atoms with Crippen molar-refractivity contribution in [2.45, 2.75) is 58.5 Å². The van der Waals surface area contributed by atoms with Crippen LogP contribution in [0, 0.1) is 0 Å². The number of rotatable bonds is 9. The number of hydrogen-bond acceptors (Lipinski definition) is 2. The second-order valence-electron chi connectivity index (χ2n) is 6.65. The van der Waals surface area contributed by atoms with Crippen molar-refractivity contribution in [1.82, 2.24) is 15.5 Å². The topological polar surface area (TPSA) is 56.7 Å². The van der Waals surface area contributed by atoms with Crippen LogP contribution < -0.4 is 10.6 Å². The summed E-state index contributed by atoms with van der Waals surface area (Å²) in [6.45, 7) is 5.52. The van der Waals surface area contributed by atoms with E-state index in [4.69, 9.17) is 0 Å². The predicted octanol–water partition coefficient (Wildman–Crippen LogP) is 3.67. The van der Waals surface area contributed by atoms with Crippen LogP contribution in [0.1, 0.15) is 56.6 Å². The number of nitrogens with one attached hydrogen (secondary N) is 2. The number of halogens is 1. The van der Waals surface area contributed by atoms with Crippen molar-refractivity contribution in [3.8, 4) is 0 Å². The molecule has 0 aliphatic carbocycles. The lowest BCUT2D eigenvalue weighted by molar-refractivity contribution is -0.128. The standard InChI is InChI=1S/C20H32N4O.HI/c1-3-4-5-6-12-22-20(21-2)23-15-17-9-7-10-18(14-17)16-24-13-8-11-19(24)25;/h7,9-10,14H,3-6,8,11-13,15-16H2,1-2H3,(H2,21,22,23);1H. The van der Waals surface area contributed by atoms with Gasteiger partial charge in [-0.25, -0.2) is 0 Å². The van der Waals surface area contributed by atoms with Crippen molar-refractivity contribution in [3.05, 3.63) is 35.4 Å². The first-order valence-electron chi connectivity index (χ1n) is 9.53. The van der Waals surface area contributed by atoms with Crippen LogP contribution in [0.3, 0.4) is 0 Å². The molecule has 2 N–H and O–H groups in total. The van der Waals surface area contributed by atoms with E-state index in [0.29, 0.717) is 6.42 Å². The van der Waals surface area contributed by atoms with Crippen molar-refractivity contribution in [1.29, 1.82) is 0 Å². The van der Waals surface area contributed by atoms with Gasteiger partial charge in [-0.2, -0.15) is 0 Å². The van der Waals surface area contributed by atoms with Gasteiger partial charge in [0.15, 0.2) is 5.96 Å². The Morgan fingerprint density at radius 1 is 1.19 bits per heavy atom. The molecule has 1 fully saturated rings. The average Bonchev–Trinajstić information content (AvgIpc) is 3.02. The fourth-order valence-corrected chi connectivity index (χ4v) is 3.09. The average molecular weight is 472 g/mol. The first-order valence-corrected chi connectivity index (χ1v) is 9.53. The van der Waals surface area contributed by atoms with E-state index in [1.54, 1.807) is 7.05 Å². The Balaban J connectivity index is 0.00000338. The summed E-state index contributed by atoms with van der Waals surface area (Å²) in [5.41, 5.74) is 2.40. The van der Waals surface area contributed by atoms with Crippen LogP contribution in [0.5, 0.6) is 0 Å². The summed E-state index contributed by atoms with van der Waals surface area (Å²) < 4.78 is 0. The van der Waals surface area contributed by atoms with Crippen molar-refractivity contribution >= 4 is 35.8 Å². The van der Waals surface area contributed by atoms with Gasteiger partial charge < -0.3 is 15.5 Å². The van der Waals surface area contributed by atoms with Gasteiger partial charge in [-0.3, -0.25) is 9.79 Å². The molecule has 0 unspecified atom stereocenters. The van der Waals surface area contributed by atoms with E-state index in [2.05, 4.69) is 46.8 Å². The van der Waals surface area contributed by atoms with Gasteiger partial charge in [0.2, 0.25) is 5.91 Å². The summed E-state index contributed by atoms with van der Waals surface area (Å²) in [4.78, 5) is 18.0. The minimum atomic E-state index is 0. The fraction of sp³-hybridized carbons (Fsp3) is 0.600. The summed E-state index contributed by atoms with van der Waals surface area (Å²) in [5.74, 6) is 1.12. The highest BCUT2D eigenvalue weighted by Gasteiger charge is 2.19. The minimum absolute atomic E-state index is 0. The molecule has 2 rings (SSSR count). The molecule has 26 heavy (non-hydrogen) atoms. The number of nitrogens with zero attached hydrogens (tertiary/aromatic N) is 2. The highest BCUT2D eigenvalue weighted by molar-refractivity contribution is 14.0. The second kappa shape index (κ2) is 12.9. The van der Waals surface area contributed by atoms with Gasteiger partial charge in [-0.05, 0) is 24.0 Å². The monoisotopic (exact) mass is 472 g/mol. The Morgan fingerprint density at radius 3 is 2.69 bits per heavy atom. The number of guanidine groups is 1. The number of likely N-dealkylation sites (tertiary alicyclic amines) is 1. The Bertz CT molecular complexity index is 577. The smallest absolute Gasteiger partial charge is 0.222 e. The number of benzene rings is 1. The SMILES string of the molecule is CCCCCCNC(=NC)NCc1cccc(CN2CCCC2=O)c1.I. The molecule has 1 heterocycles. The molecule has 0 saturated carbocycles. The molecule has 0 bridgehead atoms. The quantitative estimate of drug-likeness (QED) is 0.250. The van der Waals surface area contributed by atoms with E-state index in [9.17, 15) is 4.79 Å². The molecule has 0 radical (unpaired) electrons. The van der Waals surface area contributed by atoms with Crippen LogP contribution in [0.2, 0.25) is 0 Å². The minimum Gasteiger partial charge on any atom is -0.356 e. The lowest BCUT2D eigenvalue weighted by Gasteiger charge is -2.16. The first kappa shape index (κ1) is 22.7. The highest BCUT2D eigenvalue weighted by atomic mass is 127. The predicted molar refractivity (Wildman–Crippen MR) is 119 cm³/mol. The molecule has 5 nitrogen and oxygen atoms in total. The van der Waals surface area contributed by atoms with E-state index in [-0.39, 0.29) is 29.9 Å². The summed E-state index contributed by atoms with van der Waals surface area (Å²) in [7, 11) is 1.80. The molecule has 146 valence electrons. The molecule has 1 saturated heterocycles. The molecular weight excluding hydrogens is 439 g/mol. The van der Waals surface area contributed by atoms with E-state index >= 15 is 0 Å². The number of aliphatic imine (C=N–C) groups is 1. The van der Waals surface area contributed by atoms with Crippen LogP contribution in [0.25, 0.3) is 0 Å². The van der Waals surface area contributed by atoms with Crippen LogP contribution in [-0.2, 0) is 17.9 Å². The van der Waals surface area contributed by atoms with E-state index in [1.807, 2.05) is 4.90 Å². The number of hydrogen-bond donors (Lipinski definition) is 2. The molecule has 1 aromatic carbocycles. The third-order valence-corrected chi connectivity index (χ3v) is 4.54. The van der Waals surface area contributed by atoms with E-state index in [0.717, 1.165) is 38.6 Å². The normalized spacial score (nSPS) is 14.3. The van der Waals surface area contributed by atoms with Crippen LogP contribution in [0.4, 0.5) is 0 Å². The molecule has 6 heteroatoms. The van der Waals surface area contributed by atoms with Crippen molar-refractivity contribution in [3.63, 3.8) is 0 Å². The van der Waals surface area contributed by atoms with Gasteiger partial charge in [-0.1, -0.05) is 50.5 Å². The Kier molecular flexibility index (Phi) is 11.3. The lowest BCUT2D eigenvalue weighted by Crippen LogP contribution is -2.37. The summed E-state index contributed by atoms with van der Waals surface area (Å²) >= 11 is 0. The summed E-state index contributed by atoms with van der Waals surface area (Å²) in [5, 5.41) is 6.73. The third-order valence-electron chi connectivity index (χ3n) is 4.54. The molecule has 1 amide bonds. The zero-order valence-corrected chi connectivity index (χ0v) is 18.4. The Hall–Kier alpha value is -1.31. The maximum Gasteiger partial charge on any atom is 0.222 e. The zero-order valence-electron chi connectivity index (χ0n) is 16.1. The van der Waals surface area contributed by atoms with Crippen LogP contribution in [0.15, 0.2) is 29.3 Å². The van der Waals surface area contributed by atoms with Gasteiger partial charge in [0.1, 0.15) is 0 Å². The third kappa shape index (κ3) is 7.93. The summed E-state index contributed by atoms with van der Waals surface area (Å²) in [6, 6.07) is 8.44. The molecule has 1 aliphatic rings. The zero-order chi connectivity index (χ0) is 17.9. The van der Waals surface area contributed by atoms with E-state index < -0.39 is 0 Å². The molecule has 0 atom stereocenters. The van der Waals surface area contributed by atoms with Crippen LogP contribution >= 0.6 is 24.0 Å². The first-order chi connectivity index (χ1) is 12.2. The largest absolute Gasteiger partial charge is 0.356 e. The molecule has 0 aromatic heterocycles. The van der Waals surface area contributed by atoms with Gasteiger partial charge in [-0.15, -0.1) is 24.0 Å². The van der Waals surface area contributed by atoms with Gasteiger partial charge >= 0.3 is 0 Å². The maximum absolute atomic E-state index is 11.8. The molecule has 0 spiro atoms. The number of carbonyl (C=O) groups excluding carboxylic acids is 1. The molecule has 1 aromatic rings. The highest BCUT2D eigenvalue weighted by Crippen LogP contribution is 2.15. The number of amides is 1. The van der Waals surface area contributed by atoms with Crippen molar-refractivity contribution < 1.29 is 4.79 Å². The van der Waals surface area contributed by atoms with Crippen molar-refractivity contribution in [2.75, 3.05) is 20.1 Å². The lowest BCUT2D eigenvalue weighted by atomic mass is 10.1.